The van der Waals surface area contributed by atoms with Crippen molar-refractivity contribution in [3.63, 3.8) is 0 Å². The fourth-order valence-corrected chi connectivity index (χ4v) is 1.74. The van der Waals surface area contributed by atoms with Gasteiger partial charge in [0.1, 0.15) is 0 Å². The van der Waals surface area contributed by atoms with Crippen molar-refractivity contribution >= 4 is 11.6 Å². The molecule has 0 spiro atoms. The first-order chi connectivity index (χ1) is 6.74. The second-order valence-electron chi connectivity index (χ2n) is 4.16. The Morgan fingerprint density at radius 3 is 2.36 bits per heavy atom. The molecule has 0 aromatic rings. The third-order valence-corrected chi connectivity index (χ3v) is 3.09. The molecule has 0 saturated heterocycles. The minimum Gasteiger partial charge on any atom is -0.303 e. The number of halogens is 1. The van der Waals surface area contributed by atoms with Crippen molar-refractivity contribution in [1.82, 2.24) is 4.90 Å². The summed E-state index contributed by atoms with van der Waals surface area (Å²) in [6.45, 7) is 10.5. The maximum atomic E-state index is 5.64. The van der Waals surface area contributed by atoms with Crippen molar-refractivity contribution in [2.45, 2.75) is 46.5 Å². The average molecular weight is 220 g/mol. The lowest BCUT2D eigenvalue weighted by Gasteiger charge is -2.23. The van der Waals surface area contributed by atoms with Crippen LogP contribution in [0.25, 0.3) is 0 Å². The zero-order valence-corrected chi connectivity index (χ0v) is 10.8. The molecule has 0 heterocycles. The van der Waals surface area contributed by atoms with Gasteiger partial charge in [-0.2, -0.15) is 0 Å². The summed E-state index contributed by atoms with van der Waals surface area (Å²) in [4.78, 5) is 2.56. The predicted octanol–water partition coefficient (Wildman–Crippen LogP) is 3.76. The van der Waals surface area contributed by atoms with Crippen molar-refractivity contribution in [2.24, 2.45) is 5.92 Å². The lowest BCUT2D eigenvalue weighted by Crippen LogP contribution is -2.29. The van der Waals surface area contributed by atoms with Crippen molar-refractivity contribution in [1.29, 1.82) is 0 Å². The van der Waals surface area contributed by atoms with E-state index in [1.165, 1.54) is 45.3 Å². The number of alkyl halides is 1. The van der Waals surface area contributed by atoms with Crippen LogP contribution in [0.3, 0.4) is 0 Å². The Hall–Kier alpha value is 0.250. The van der Waals surface area contributed by atoms with Gasteiger partial charge < -0.3 is 4.90 Å². The van der Waals surface area contributed by atoms with Crippen LogP contribution in [0.2, 0.25) is 0 Å². The van der Waals surface area contributed by atoms with E-state index in [0.717, 1.165) is 11.8 Å². The molecule has 0 aromatic heterocycles. The van der Waals surface area contributed by atoms with E-state index in [2.05, 4.69) is 25.7 Å². The molecular formula is C12H26ClN. The van der Waals surface area contributed by atoms with Crippen LogP contribution in [0, 0.1) is 5.92 Å². The zero-order valence-electron chi connectivity index (χ0n) is 10.1. The van der Waals surface area contributed by atoms with Crippen molar-refractivity contribution < 1.29 is 0 Å². The fraction of sp³-hybridized carbons (Fsp3) is 1.00. The second-order valence-corrected chi connectivity index (χ2v) is 4.53. The molecule has 0 bridgehead atoms. The first-order valence-corrected chi connectivity index (χ1v) is 6.56. The van der Waals surface area contributed by atoms with Crippen LogP contribution in [0.5, 0.6) is 0 Å². The largest absolute Gasteiger partial charge is 0.303 e. The van der Waals surface area contributed by atoms with Gasteiger partial charge in [-0.25, -0.2) is 0 Å². The van der Waals surface area contributed by atoms with Gasteiger partial charge in [0.25, 0.3) is 0 Å². The van der Waals surface area contributed by atoms with Crippen LogP contribution in [0.1, 0.15) is 46.5 Å². The summed E-state index contributed by atoms with van der Waals surface area (Å²) < 4.78 is 0. The third-order valence-electron chi connectivity index (χ3n) is 2.82. The maximum Gasteiger partial charge on any atom is 0.0223 e. The van der Waals surface area contributed by atoms with Gasteiger partial charge in [-0.05, 0) is 31.8 Å². The smallest absolute Gasteiger partial charge is 0.0223 e. The summed E-state index contributed by atoms with van der Waals surface area (Å²) in [6, 6.07) is 0. The number of unbranched alkanes of at least 4 members (excludes halogenated alkanes) is 2. The van der Waals surface area contributed by atoms with Gasteiger partial charge in [0, 0.05) is 12.4 Å². The van der Waals surface area contributed by atoms with E-state index in [-0.39, 0.29) is 0 Å². The molecule has 0 amide bonds. The van der Waals surface area contributed by atoms with E-state index in [4.69, 9.17) is 11.6 Å². The molecule has 0 aromatic carbocycles. The topological polar surface area (TPSA) is 3.24 Å². The molecule has 0 aliphatic carbocycles. The van der Waals surface area contributed by atoms with Gasteiger partial charge >= 0.3 is 0 Å². The van der Waals surface area contributed by atoms with Gasteiger partial charge in [0.05, 0.1) is 0 Å². The summed E-state index contributed by atoms with van der Waals surface area (Å²) in [5.41, 5.74) is 0. The number of hydrogen-bond donors (Lipinski definition) is 0. The molecular weight excluding hydrogens is 194 g/mol. The predicted molar refractivity (Wildman–Crippen MR) is 66.1 cm³/mol. The lowest BCUT2D eigenvalue weighted by molar-refractivity contribution is 0.241. The first-order valence-electron chi connectivity index (χ1n) is 6.02. The molecule has 1 atom stereocenters. The molecule has 0 rings (SSSR count). The van der Waals surface area contributed by atoms with E-state index in [1.54, 1.807) is 0 Å². The molecule has 1 unspecified atom stereocenters. The van der Waals surface area contributed by atoms with Crippen LogP contribution in [-0.2, 0) is 0 Å². The van der Waals surface area contributed by atoms with Crippen molar-refractivity contribution in [2.75, 3.05) is 25.5 Å². The summed E-state index contributed by atoms with van der Waals surface area (Å²) in [5.74, 6) is 1.65. The molecule has 0 N–H and O–H groups in total. The Balaban J connectivity index is 3.47. The summed E-state index contributed by atoms with van der Waals surface area (Å²) in [5, 5.41) is 0. The highest BCUT2D eigenvalue weighted by molar-refractivity contribution is 6.17. The molecule has 1 nitrogen and oxygen atoms in total. The van der Waals surface area contributed by atoms with E-state index in [1.807, 2.05) is 0 Å². The van der Waals surface area contributed by atoms with Gasteiger partial charge in [-0.15, -0.1) is 11.6 Å². The Morgan fingerprint density at radius 1 is 1.14 bits per heavy atom. The molecule has 0 radical (unpaired) electrons. The number of hydrogen-bond acceptors (Lipinski definition) is 1. The van der Waals surface area contributed by atoms with Crippen LogP contribution in [0.4, 0.5) is 0 Å². The molecule has 2 heteroatoms. The summed E-state index contributed by atoms with van der Waals surface area (Å²) in [6.07, 6.45) is 5.04. The lowest BCUT2D eigenvalue weighted by atomic mass is 10.1. The first kappa shape index (κ1) is 14.2. The highest BCUT2D eigenvalue weighted by atomic mass is 35.5. The van der Waals surface area contributed by atoms with Crippen LogP contribution >= 0.6 is 11.6 Å². The molecule has 86 valence electrons. The fourth-order valence-electron chi connectivity index (χ4n) is 1.56. The SMILES string of the molecule is CCC(C)CN(CC)CCCCCCl. The van der Waals surface area contributed by atoms with Gasteiger partial charge in [-0.3, -0.25) is 0 Å². The van der Waals surface area contributed by atoms with Crippen LogP contribution < -0.4 is 0 Å². The highest BCUT2D eigenvalue weighted by Gasteiger charge is 2.06. The van der Waals surface area contributed by atoms with E-state index >= 15 is 0 Å². The molecule has 0 aliphatic heterocycles. The minimum absolute atomic E-state index is 0.817. The maximum absolute atomic E-state index is 5.64. The number of nitrogens with zero attached hydrogens (tertiary/aromatic N) is 1. The van der Waals surface area contributed by atoms with Crippen molar-refractivity contribution in [3.8, 4) is 0 Å². The minimum atomic E-state index is 0.817. The quantitative estimate of drug-likeness (QED) is 0.422. The average Bonchev–Trinajstić information content (AvgIpc) is 2.22. The summed E-state index contributed by atoms with van der Waals surface area (Å²) in [7, 11) is 0. The second kappa shape index (κ2) is 9.79. The molecule has 14 heavy (non-hydrogen) atoms. The Bertz CT molecular complexity index is 117. The van der Waals surface area contributed by atoms with Crippen LogP contribution in [0.15, 0.2) is 0 Å². The van der Waals surface area contributed by atoms with E-state index < -0.39 is 0 Å². The normalized spacial score (nSPS) is 13.5. The van der Waals surface area contributed by atoms with Crippen LogP contribution in [-0.4, -0.2) is 30.4 Å². The Labute approximate surface area is 94.8 Å². The van der Waals surface area contributed by atoms with E-state index in [0.29, 0.717) is 0 Å². The van der Waals surface area contributed by atoms with Crippen molar-refractivity contribution in [3.05, 3.63) is 0 Å². The Kier molecular flexibility index (Phi) is 9.97. The van der Waals surface area contributed by atoms with Gasteiger partial charge in [0.15, 0.2) is 0 Å². The summed E-state index contributed by atoms with van der Waals surface area (Å²) >= 11 is 5.64. The molecule has 0 aliphatic rings. The van der Waals surface area contributed by atoms with E-state index in [9.17, 15) is 0 Å². The zero-order chi connectivity index (χ0) is 10.8. The molecule has 0 saturated carbocycles. The third kappa shape index (κ3) is 7.64. The Morgan fingerprint density at radius 2 is 1.86 bits per heavy atom. The van der Waals surface area contributed by atoms with Gasteiger partial charge in [-0.1, -0.05) is 33.6 Å². The highest BCUT2D eigenvalue weighted by Crippen LogP contribution is 2.06. The standard InChI is InChI=1S/C12H26ClN/c1-4-12(3)11-14(5-2)10-8-6-7-9-13/h12H,4-11H2,1-3H3. The van der Waals surface area contributed by atoms with Gasteiger partial charge in [0.2, 0.25) is 0 Å². The monoisotopic (exact) mass is 219 g/mol. The number of rotatable bonds is 9. The molecule has 0 fully saturated rings.